The van der Waals surface area contributed by atoms with Gasteiger partial charge < -0.3 is 0 Å². The quantitative estimate of drug-likeness (QED) is 0.416. The molecule has 3 aromatic rings. The Hall–Kier alpha value is -1.33. The molecule has 4 saturated carbocycles. The van der Waals surface area contributed by atoms with Crippen LogP contribution in [0.1, 0.15) is 38.5 Å². The van der Waals surface area contributed by atoms with Gasteiger partial charge in [0.1, 0.15) is 11.2 Å². The summed E-state index contributed by atoms with van der Waals surface area (Å²) in [6.45, 7) is 0. The molecule has 4 aliphatic carbocycles. The lowest BCUT2D eigenvalue weighted by Crippen LogP contribution is -2.68. The Kier molecular flexibility index (Phi) is 6.65. The third-order valence-corrected chi connectivity index (χ3v) is 8.41. The predicted molar refractivity (Wildman–Crippen MR) is 121 cm³/mol. The molecule has 0 aliphatic heterocycles. The monoisotopic (exact) mass is 611 g/mol. The van der Waals surface area contributed by atoms with Crippen LogP contribution in [0, 0.1) is 28.0 Å². The van der Waals surface area contributed by atoms with Gasteiger partial charge in [0.25, 0.3) is 0 Å². The number of aromatic nitrogens is 3. The molecule has 0 radical (unpaired) electrons. The van der Waals surface area contributed by atoms with E-state index < -0.39 is 10.2 Å². The van der Waals surface area contributed by atoms with E-state index in [9.17, 15) is 0 Å². The number of hydrogen-bond donors (Lipinski definition) is 0. The standard InChI is InChI=1S/C24H24Br2N3.ClHO4/c25-20-3-1-19(2-4-20)23-27-29(15-28(23)22-7-5-21(26)6-8-22)24-12-16-9-17(13-24)11-18(10-16)14-24;2-1(3,4)5/h1-8,15-18H,9-14H2;(H,2,3,4,5)/q+1;/p-1. The molecule has 34 heavy (non-hydrogen) atoms. The van der Waals surface area contributed by atoms with Crippen LogP contribution in [0.4, 0.5) is 0 Å². The number of benzene rings is 2. The van der Waals surface area contributed by atoms with E-state index >= 15 is 0 Å². The molecular formula is C24H24Br2ClN3O4. The molecule has 0 unspecified atom stereocenters. The van der Waals surface area contributed by atoms with Crippen LogP contribution in [-0.4, -0.2) is 9.78 Å². The van der Waals surface area contributed by atoms with Gasteiger partial charge in [-0.15, -0.1) is 14.9 Å². The van der Waals surface area contributed by atoms with Gasteiger partial charge in [0.2, 0.25) is 6.33 Å². The average molecular weight is 614 g/mol. The largest absolute Gasteiger partial charge is 0.313 e. The summed E-state index contributed by atoms with van der Waals surface area (Å²) in [7, 11) is -4.94. The highest BCUT2D eigenvalue weighted by molar-refractivity contribution is 9.10. The summed E-state index contributed by atoms with van der Waals surface area (Å²) in [5.74, 6) is 3.74. The van der Waals surface area contributed by atoms with Gasteiger partial charge in [-0.2, -0.15) is 4.57 Å². The highest BCUT2D eigenvalue weighted by Crippen LogP contribution is 2.58. The van der Waals surface area contributed by atoms with Crippen LogP contribution in [0.3, 0.4) is 0 Å². The van der Waals surface area contributed by atoms with E-state index in [1.165, 1.54) is 38.5 Å². The van der Waals surface area contributed by atoms with Crippen LogP contribution in [0.5, 0.6) is 0 Å². The lowest BCUT2D eigenvalue weighted by atomic mass is 9.53. The van der Waals surface area contributed by atoms with Gasteiger partial charge >= 0.3 is 5.82 Å². The molecule has 7 nitrogen and oxygen atoms in total. The van der Waals surface area contributed by atoms with Crippen LogP contribution < -0.4 is 23.2 Å². The fourth-order valence-electron chi connectivity index (χ4n) is 6.50. The summed E-state index contributed by atoms with van der Waals surface area (Å²) in [6, 6.07) is 17.1. The van der Waals surface area contributed by atoms with E-state index in [4.69, 9.17) is 23.7 Å². The van der Waals surface area contributed by atoms with Gasteiger partial charge in [-0.25, -0.2) is 18.6 Å². The first-order valence-corrected chi connectivity index (χ1v) is 14.1. The van der Waals surface area contributed by atoms with Gasteiger partial charge in [0, 0.05) is 14.0 Å². The van der Waals surface area contributed by atoms with Crippen molar-refractivity contribution in [2.45, 2.75) is 44.1 Å². The maximum atomic E-state index is 8.49. The van der Waals surface area contributed by atoms with E-state index in [1.54, 1.807) is 0 Å². The van der Waals surface area contributed by atoms with Crippen molar-refractivity contribution < 1.29 is 33.4 Å². The second-order valence-corrected chi connectivity index (χ2v) is 12.3. The number of hydrogen-bond acceptors (Lipinski definition) is 5. The van der Waals surface area contributed by atoms with Crippen LogP contribution in [0.25, 0.3) is 17.1 Å². The normalized spacial score (nSPS) is 27.4. The first-order valence-electron chi connectivity index (χ1n) is 11.2. The highest BCUT2D eigenvalue weighted by Gasteiger charge is 2.55. The lowest BCUT2D eigenvalue weighted by Gasteiger charge is -2.54. The Labute approximate surface area is 217 Å². The van der Waals surface area contributed by atoms with Crippen molar-refractivity contribution in [3.63, 3.8) is 0 Å². The molecule has 4 aliphatic rings. The predicted octanol–water partition coefficient (Wildman–Crippen LogP) is 1.52. The molecule has 10 heteroatoms. The zero-order valence-corrected chi connectivity index (χ0v) is 22.2. The molecule has 180 valence electrons. The van der Waals surface area contributed by atoms with E-state index in [1.807, 2.05) is 0 Å². The Morgan fingerprint density at radius 3 is 1.71 bits per heavy atom. The molecule has 1 heterocycles. The Morgan fingerprint density at radius 1 is 0.794 bits per heavy atom. The van der Waals surface area contributed by atoms with Crippen molar-refractivity contribution in [1.82, 2.24) is 9.78 Å². The maximum absolute atomic E-state index is 8.49. The number of rotatable bonds is 3. The van der Waals surface area contributed by atoms with Crippen molar-refractivity contribution in [1.29, 1.82) is 0 Å². The summed E-state index contributed by atoms with van der Waals surface area (Å²) in [6.07, 6.45) is 10.5. The molecular weight excluding hydrogens is 590 g/mol. The summed E-state index contributed by atoms with van der Waals surface area (Å²) < 4.78 is 40.8. The zero-order valence-electron chi connectivity index (χ0n) is 18.3. The summed E-state index contributed by atoms with van der Waals surface area (Å²) in [4.78, 5) is 0. The van der Waals surface area contributed by atoms with Gasteiger partial charge in [-0.1, -0.05) is 31.9 Å². The van der Waals surface area contributed by atoms with Crippen molar-refractivity contribution >= 4 is 31.9 Å². The topological polar surface area (TPSA) is 114 Å². The molecule has 1 aromatic heterocycles. The van der Waals surface area contributed by atoms with Crippen LogP contribution >= 0.6 is 31.9 Å². The van der Waals surface area contributed by atoms with E-state index in [0.717, 1.165) is 43.8 Å². The second kappa shape index (κ2) is 9.28. The first kappa shape index (κ1) is 24.4. The molecule has 7 rings (SSSR count). The zero-order chi connectivity index (χ0) is 24.1. The van der Waals surface area contributed by atoms with Crippen molar-refractivity contribution in [3.8, 4) is 17.1 Å². The van der Waals surface area contributed by atoms with Crippen LogP contribution in [0.15, 0.2) is 63.8 Å². The van der Waals surface area contributed by atoms with Gasteiger partial charge in [-0.05, 0) is 105 Å². The van der Waals surface area contributed by atoms with E-state index in [-0.39, 0.29) is 5.54 Å². The van der Waals surface area contributed by atoms with Crippen molar-refractivity contribution in [3.05, 3.63) is 63.8 Å². The molecule has 4 bridgehead atoms. The maximum Gasteiger partial charge on any atom is 0.313 e. The second-order valence-electron chi connectivity index (χ2n) is 9.76. The number of halogens is 3. The minimum Gasteiger partial charge on any atom is -0.222 e. The third kappa shape index (κ3) is 5.26. The van der Waals surface area contributed by atoms with Crippen LogP contribution in [-0.2, 0) is 5.54 Å². The molecule has 0 atom stereocenters. The molecule has 0 saturated heterocycles. The Balaban J connectivity index is 0.000000439. The minimum absolute atomic E-state index is 0.222. The van der Waals surface area contributed by atoms with Crippen molar-refractivity contribution in [2.75, 3.05) is 0 Å². The lowest BCUT2D eigenvalue weighted by molar-refractivity contribution is -2.00. The smallest absolute Gasteiger partial charge is 0.222 e. The van der Waals surface area contributed by atoms with Gasteiger partial charge in [0.05, 0.1) is 5.56 Å². The summed E-state index contributed by atoms with van der Waals surface area (Å²) in [5.41, 5.74) is 2.53. The fraction of sp³-hybridized carbons (Fsp3) is 0.417. The SMILES string of the molecule is Brc1ccc(-c2nn(C34CC5CC(CC(C5)C3)C4)c[n+]2-c2ccc(Br)cc2)cc1.[O-][Cl+3]([O-])([O-])[O-]. The van der Waals surface area contributed by atoms with Gasteiger partial charge in [0.15, 0.2) is 0 Å². The number of nitrogens with zero attached hydrogens (tertiary/aromatic N) is 3. The molecule has 2 aromatic carbocycles. The average Bonchev–Trinajstić information content (AvgIpc) is 3.19. The summed E-state index contributed by atoms with van der Waals surface area (Å²) in [5, 5.41) is 5.25. The Bertz CT molecular complexity index is 1060. The fourth-order valence-corrected chi connectivity index (χ4v) is 7.03. The van der Waals surface area contributed by atoms with Gasteiger partial charge in [-0.3, -0.25) is 0 Å². The van der Waals surface area contributed by atoms with E-state index in [0.29, 0.717) is 0 Å². The Morgan fingerprint density at radius 2 is 1.24 bits per heavy atom. The molecule has 4 fully saturated rings. The summed E-state index contributed by atoms with van der Waals surface area (Å²) >= 11 is 7.13. The highest BCUT2D eigenvalue weighted by atomic mass is 79.9. The molecule has 0 N–H and O–H groups in total. The third-order valence-electron chi connectivity index (χ3n) is 7.35. The molecule has 0 spiro atoms. The minimum atomic E-state index is -4.94. The van der Waals surface area contributed by atoms with Crippen LogP contribution in [0.2, 0.25) is 0 Å². The van der Waals surface area contributed by atoms with Crippen molar-refractivity contribution in [2.24, 2.45) is 17.8 Å². The van der Waals surface area contributed by atoms with E-state index in [2.05, 4.69) is 96.0 Å². The first-order chi connectivity index (χ1) is 16.1. The molecule has 0 amide bonds.